The Morgan fingerprint density at radius 1 is 1.28 bits per heavy atom. The zero-order chi connectivity index (χ0) is 17.6. The predicted octanol–water partition coefficient (Wildman–Crippen LogP) is -0.116. The summed E-state index contributed by atoms with van der Waals surface area (Å²) in [6, 6.07) is 5.56. The summed E-state index contributed by atoms with van der Waals surface area (Å²) < 4.78 is 0. The van der Waals surface area contributed by atoms with E-state index in [0.717, 1.165) is 24.1 Å². The second-order valence-electron chi connectivity index (χ2n) is 7.14. The summed E-state index contributed by atoms with van der Waals surface area (Å²) in [5, 5.41) is 5.71. The van der Waals surface area contributed by atoms with Crippen molar-refractivity contribution in [2.24, 2.45) is 11.7 Å². The molecule has 2 aliphatic heterocycles. The van der Waals surface area contributed by atoms with Crippen LogP contribution in [0.5, 0.6) is 0 Å². The number of nitrogens with one attached hydrogen (secondary N) is 2. The zero-order valence-electron chi connectivity index (χ0n) is 14.0. The van der Waals surface area contributed by atoms with Crippen LogP contribution < -0.4 is 16.4 Å². The molecule has 0 bridgehead atoms. The van der Waals surface area contributed by atoms with Crippen molar-refractivity contribution in [3.63, 3.8) is 0 Å². The first kappa shape index (κ1) is 16.2. The summed E-state index contributed by atoms with van der Waals surface area (Å²) in [6.07, 6.45) is 1.71. The van der Waals surface area contributed by atoms with Crippen LogP contribution in [0.1, 0.15) is 40.7 Å². The van der Waals surface area contributed by atoms with E-state index < -0.39 is 6.04 Å². The van der Waals surface area contributed by atoms with Gasteiger partial charge >= 0.3 is 0 Å². The number of carbonyl (C=O) groups excluding carboxylic acids is 3. The number of rotatable bonds is 5. The Bertz CT molecular complexity index is 748. The van der Waals surface area contributed by atoms with Gasteiger partial charge in [-0.15, -0.1) is 0 Å². The zero-order valence-corrected chi connectivity index (χ0v) is 14.0. The van der Waals surface area contributed by atoms with Gasteiger partial charge in [0.2, 0.25) is 11.8 Å². The van der Waals surface area contributed by atoms with Crippen LogP contribution in [-0.2, 0) is 22.7 Å². The average Bonchev–Trinajstić information content (AvgIpc) is 3.17. The van der Waals surface area contributed by atoms with E-state index >= 15 is 0 Å². The molecular weight excluding hydrogens is 320 g/mol. The van der Waals surface area contributed by atoms with Gasteiger partial charge in [-0.2, -0.15) is 0 Å². The molecule has 1 aliphatic carbocycles. The third kappa shape index (κ3) is 3.05. The van der Waals surface area contributed by atoms with Gasteiger partial charge in [-0.05, 0) is 36.4 Å². The van der Waals surface area contributed by atoms with Gasteiger partial charge in [-0.1, -0.05) is 18.2 Å². The van der Waals surface area contributed by atoms with E-state index in [2.05, 4.69) is 10.6 Å². The number of imide groups is 1. The normalized spacial score (nSPS) is 28.1. The largest absolute Gasteiger partial charge is 0.327 e. The SMILES string of the molecule is N[C@@H]1C[C@@H]1CNCc1cccc2c1C(=O)N(C1CCC(=O)NC1=O)C2. The molecule has 2 heterocycles. The monoisotopic (exact) mass is 342 g/mol. The van der Waals surface area contributed by atoms with Gasteiger partial charge in [0.05, 0.1) is 0 Å². The van der Waals surface area contributed by atoms with E-state index in [1.807, 2.05) is 18.2 Å². The standard InChI is InChI=1S/C18H22N4O3/c19-13-6-12(13)8-20-7-10-2-1-3-11-9-22(18(25)16(10)11)14-4-5-15(23)21-17(14)24/h1-3,12-14,20H,4-9,19H2,(H,21,23,24)/t12-,13-,14?/m1/s1. The van der Waals surface area contributed by atoms with E-state index in [4.69, 9.17) is 5.73 Å². The van der Waals surface area contributed by atoms with Crippen molar-refractivity contribution in [3.05, 3.63) is 34.9 Å². The number of fused-ring (bicyclic) bond motifs is 1. The van der Waals surface area contributed by atoms with Crippen molar-refractivity contribution in [2.45, 2.75) is 44.4 Å². The molecule has 1 aromatic rings. The molecule has 25 heavy (non-hydrogen) atoms. The highest BCUT2D eigenvalue weighted by Gasteiger charge is 2.40. The molecule has 0 aromatic heterocycles. The van der Waals surface area contributed by atoms with E-state index in [-0.39, 0.29) is 24.1 Å². The summed E-state index contributed by atoms with van der Waals surface area (Å²) >= 11 is 0. The molecule has 132 valence electrons. The second kappa shape index (κ2) is 6.24. The third-order valence-corrected chi connectivity index (χ3v) is 5.34. The lowest BCUT2D eigenvalue weighted by Gasteiger charge is -2.29. The van der Waals surface area contributed by atoms with Gasteiger partial charge in [0, 0.05) is 31.1 Å². The molecular formula is C18H22N4O3. The molecule has 3 atom stereocenters. The summed E-state index contributed by atoms with van der Waals surface area (Å²) in [5.41, 5.74) is 8.41. The molecule has 4 rings (SSSR count). The quantitative estimate of drug-likeness (QED) is 0.648. The van der Waals surface area contributed by atoms with Crippen LogP contribution in [0.3, 0.4) is 0 Å². The fourth-order valence-electron chi connectivity index (χ4n) is 3.74. The minimum absolute atomic E-state index is 0.120. The fourth-order valence-corrected chi connectivity index (χ4v) is 3.74. The number of nitrogens with two attached hydrogens (primary N) is 1. The molecule has 0 spiro atoms. The number of amides is 3. The van der Waals surface area contributed by atoms with Crippen molar-refractivity contribution < 1.29 is 14.4 Å². The number of hydrogen-bond acceptors (Lipinski definition) is 5. The van der Waals surface area contributed by atoms with Gasteiger partial charge in [0.1, 0.15) is 6.04 Å². The van der Waals surface area contributed by atoms with E-state index in [9.17, 15) is 14.4 Å². The highest BCUT2D eigenvalue weighted by atomic mass is 16.2. The minimum Gasteiger partial charge on any atom is -0.327 e. The molecule has 7 heteroatoms. The van der Waals surface area contributed by atoms with E-state index in [0.29, 0.717) is 37.0 Å². The van der Waals surface area contributed by atoms with Crippen LogP contribution in [0.25, 0.3) is 0 Å². The molecule has 1 aromatic carbocycles. The molecule has 1 saturated carbocycles. The Hall–Kier alpha value is -2.25. The predicted molar refractivity (Wildman–Crippen MR) is 90.3 cm³/mol. The van der Waals surface area contributed by atoms with Gasteiger partial charge in [0.25, 0.3) is 5.91 Å². The Labute approximate surface area is 145 Å². The first-order valence-electron chi connectivity index (χ1n) is 8.76. The summed E-state index contributed by atoms with van der Waals surface area (Å²) in [7, 11) is 0. The van der Waals surface area contributed by atoms with E-state index in [1.165, 1.54) is 0 Å². The molecule has 2 fully saturated rings. The molecule has 3 aliphatic rings. The minimum atomic E-state index is -0.567. The summed E-state index contributed by atoms with van der Waals surface area (Å²) in [5.74, 6) is -0.231. The second-order valence-corrected chi connectivity index (χ2v) is 7.14. The van der Waals surface area contributed by atoms with Crippen LogP contribution in [0, 0.1) is 5.92 Å². The lowest BCUT2D eigenvalue weighted by Crippen LogP contribution is -2.52. The average molecular weight is 342 g/mol. The van der Waals surface area contributed by atoms with Crippen LogP contribution in [-0.4, -0.2) is 41.2 Å². The molecule has 7 nitrogen and oxygen atoms in total. The lowest BCUT2D eigenvalue weighted by atomic mass is 10.0. The topological polar surface area (TPSA) is 105 Å². The van der Waals surface area contributed by atoms with Crippen molar-refractivity contribution in [1.29, 1.82) is 0 Å². The number of hydrogen-bond donors (Lipinski definition) is 3. The Kier molecular flexibility index (Phi) is 4.05. The number of nitrogens with zero attached hydrogens (tertiary/aromatic N) is 1. The van der Waals surface area contributed by atoms with Crippen molar-refractivity contribution in [1.82, 2.24) is 15.5 Å². The maximum Gasteiger partial charge on any atom is 0.255 e. The maximum absolute atomic E-state index is 12.9. The molecule has 0 radical (unpaired) electrons. The first-order chi connectivity index (χ1) is 12.0. The Balaban J connectivity index is 1.48. The Morgan fingerprint density at radius 2 is 2.08 bits per heavy atom. The van der Waals surface area contributed by atoms with Gasteiger partial charge in [-0.3, -0.25) is 19.7 Å². The molecule has 4 N–H and O–H groups in total. The maximum atomic E-state index is 12.9. The molecule has 1 saturated heterocycles. The van der Waals surface area contributed by atoms with Crippen LogP contribution in [0.2, 0.25) is 0 Å². The van der Waals surface area contributed by atoms with Gasteiger partial charge in [-0.25, -0.2) is 0 Å². The van der Waals surface area contributed by atoms with Crippen molar-refractivity contribution in [2.75, 3.05) is 6.54 Å². The van der Waals surface area contributed by atoms with Crippen molar-refractivity contribution >= 4 is 17.7 Å². The molecule has 1 unspecified atom stereocenters. The summed E-state index contributed by atoms with van der Waals surface area (Å²) in [4.78, 5) is 38.0. The molecule has 3 amide bonds. The van der Waals surface area contributed by atoms with Crippen molar-refractivity contribution in [3.8, 4) is 0 Å². The highest BCUT2D eigenvalue weighted by Crippen LogP contribution is 2.30. The number of piperidine rings is 1. The van der Waals surface area contributed by atoms with Crippen LogP contribution >= 0.6 is 0 Å². The van der Waals surface area contributed by atoms with Crippen LogP contribution in [0.4, 0.5) is 0 Å². The third-order valence-electron chi connectivity index (χ3n) is 5.34. The van der Waals surface area contributed by atoms with Crippen LogP contribution in [0.15, 0.2) is 18.2 Å². The Morgan fingerprint density at radius 3 is 2.80 bits per heavy atom. The van der Waals surface area contributed by atoms with Gasteiger partial charge < -0.3 is 16.0 Å². The lowest BCUT2D eigenvalue weighted by molar-refractivity contribution is -0.136. The number of carbonyl (C=O) groups is 3. The fraction of sp³-hybridized carbons (Fsp3) is 0.500. The van der Waals surface area contributed by atoms with E-state index in [1.54, 1.807) is 4.90 Å². The highest BCUT2D eigenvalue weighted by molar-refractivity contribution is 6.05. The van der Waals surface area contributed by atoms with Gasteiger partial charge in [0.15, 0.2) is 0 Å². The summed E-state index contributed by atoms with van der Waals surface area (Å²) in [6.45, 7) is 1.89. The number of benzene rings is 1. The first-order valence-corrected chi connectivity index (χ1v) is 8.76. The smallest absolute Gasteiger partial charge is 0.255 e.